The Balaban J connectivity index is 1.88. The average molecular weight is 276 g/mol. The number of pyridine rings is 1. The van der Waals surface area contributed by atoms with Crippen LogP contribution in [-0.4, -0.2) is 28.3 Å². The monoisotopic (exact) mass is 276 g/mol. The lowest BCUT2D eigenvalue weighted by Gasteiger charge is -2.00. The number of nitrogens with one attached hydrogen (secondary N) is 1. The van der Waals surface area contributed by atoms with Crippen LogP contribution in [-0.2, 0) is 6.42 Å². The first-order chi connectivity index (χ1) is 9.29. The number of hydrogen-bond acceptors (Lipinski definition) is 5. The summed E-state index contributed by atoms with van der Waals surface area (Å²) in [5.41, 5.74) is 1.94. The molecule has 0 saturated carbocycles. The van der Waals surface area contributed by atoms with Crippen LogP contribution in [0.3, 0.4) is 0 Å². The average Bonchev–Trinajstić information content (AvgIpc) is 2.87. The second-order valence-corrected chi connectivity index (χ2v) is 5.58. The van der Waals surface area contributed by atoms with E-state index >= 15 is 0 Å². The van der Waals surface area contributed by atoms with Crippen LogP contribution >= 0.6 is 11.3 Å². The minimum atomic E-state index is 0.917. The van der Waals surface area contributed by atoms with Crippen LogP contribution in [0.5, 0.6) is 0 Å². The first kappa shape index (κ1) is 14.1. The summed E-state index contributed by atoms with van der Waals surface area (Å²) >= 11 is 1.65. The molecule has 2 rings (SSSR count). The molecule has 0 radical (unpaired) electrons. The topological polar surface area (TPSA) is 50.7 Å². The Morgan fingerprint density at radius 2 is 2.11 bits per heavy atom. The van der Waals surface area contributed by atoms with Gasteiger partial charge in [-0.3, -0.25) is 4.98 Å². The van der Waals surface area contributed by atoms with Crippen molar-refractivity contribution in [3.63, 3.8) is 0 Å². The zero-order valence-corrected chi connectivity index (χ0v) is 12.3. The van der Waals surface area contributed by atoms with Gasteiger partial charge in [0.1, 0.15) is 10.7 Å². The molecule has 4 nitrogen and oxygen atoms in total. The van der Waals surface area contributed by atoms with E-state index in [1.807, 2.05) is 25.1 Å². The van der Waals surface area contributed by atoms with E-state index in [1.54, 1.807) is 11.3 Å². The molecule has 0 bridgehead atoms. The maximum atomic E-state index is 4.47. The largest absolute Gasteiger partial charge is 0.317 e. The molecule has 0 aliphatic carbocycles. The van der Waals surface area contributed by atoms with Crippen LogP contribution in [0.4, 0.5) is 0 Å². The second kappa shape index (κ2) is 7.31. The molecular formula is C14H20N4S. The Morgan fingerprint density at radius 1 is 1.21 bits per heavy atom. The van der Waals surface area contributed by atoms with Gasteiger partial charge in [0, 0.05) is 12.1 Å². The van der Waals surface area contributed by atoms with Crippen molar-refractivity contribution in [1.82, 2.24) is 20.5 Å². The Kier molecular flexibility index (Phi) is 5.42. The first-order valence-electron chi connectivity index (χ1n) is 6.76. The molecule has 5 heteroatoms. The normalized spacial score (nSPS) is 10.8. The van der Waals surface area contributed by atoms with Gasteiger partial charge < -0.3 is 5.32 Å². The van der Waals surface area contributed by atoms with Crippen LogP contribution in [0.1, 0.15) is 30.5 Å². The molecule has 0 aliphatic heterocycles. The summed E-state index contributed by atoms with van der Waals surface area (Å²) in [6.07, 6.45) is 3.28. The molecule has 0 fully saturated rings. The number of nitrogens with zero attached hydrogens (tertiary/aromatic N) is 3. The molecule has 0 aromatic carbocycles. The lowest BCUT2D eigenvalue weighted by Crippen LogP contribution is -2.16. The van der Waals surface area contributed by atoms with Crippen molar-refractivity contribution >= 4 is 11.3 Å². The summed E-state index contributed by atoms with van der Waals surface area (Å²) in [5.74, 6) is 0. The Labute approximate surface area is 118 Å². The zero-order valence-electron chi connectivity index (χ0n) is 11.5. The van der Waals surface area contributed by atoms with E-state index in [1.165, 1.54) is 6.42 Å². The molecule has 0 amide bonds. The molecule has 2 aromatic heterocycles. The Morgan fingerprint density at radius 3 is 2.89 bits per heavy atom. The zero-order chi connectivity index (χ0) is 13.5. The third-order valence-corrected chi connectivity index (χ3v) is 3.75. The van der Waals surface area contributed by atoms with Crippen LogP contribution in [0.2, 0.25) is 0 Å². The van der Waals surface area contributed by atoms with Gasteiger partial charge in [-0.15, -0.1) is 10.2 Å². The number of aromatic nitrogens is 3. The minimum absolute atomic E-state index is 0.917. The highest BCUT2D eigenvalue weighted by atomic mass is 32.1. The fraction of sp³-hybridized carbons (Fsp3) is 0.500. The van der Waals surface area contributed by atoms with E-state index < -0.39 is 0 Å². The van der Waals surface area contributed by atoms with Crippen LogP contribution in [0, 0.1) is 6.92 Å². The van der Waals surface area contributed by atoms with Gasteiger partial charge in [-0.25, -0.2) is 0 Å². The standard InChI is InChI=1S/C14H20N4S/c1-3-9-15-10-5-8-13-17-18-14(19-13)12-7-4-6-11(2)16-12/h4,6-7,15H,3,5,8-10H2,1-2H3. The maximum absolute atomic E-state index is 4.47. The molecule has 2 aromatic rings. The number of rotatable bonds is 7. The minimum Gasteiger partial charge on any atom is -0.317 e. The van der Waals surface area contributed by atoms with E-state index in [0.29, 0.717) is 0 Å². The number of hydrogen-bond donors (Lipinski definition) is 1. The molecule has 1 N–H and O–H groups in total. The van der Waals surface area contributed by atoms with E-state index in [2.05, 4.69) is 27.4 Å². The number of aryl methyl sites for hydroxylation is 2. The van der Waals surface area contributed by atoms with E-state index in [0.717, 1.165) is 47.3 Å². The van der Waals surface area contributed by atoms with Crippen molar-refractivity contribution in [2.45, 2.75) is 33.1 Å². The van der Waals surface area contributed by atoms with Crippen LogP contribution < -0.4 is 5.32 Å². The van der Waals surface area contributed by atoms with Gasteiger partial charge in [0.2, 0.25) is 0 Å². The molecule has 0 atom stereocenters. The van der Waals surface area contributed by atoms with Gasteiger partial charge in [-0.1, -0.05) is 24.3 Å². The first-order valence-corrected chi connectivity index (χ1v) is 7.58. The summed E-state index contributed by atoms with van der Waals surface area (Å²) in [6.45, 7) is 6.31. The lowest BCUT2D eigenvalue weighted by atomic mass is 10.3. The predicted molar refractivity (Wildman–Crippen MR) is 79.4 cm³/mol. The molecule has 2 heterocycles. The third-order valence-electron chi connectivity index (χ3n) is 2.75. The van der Waals surface area contributed by atoms with Gasteiger partial charge in [0.25, 0.3) is 0 Å². The second-order valence-electron chi connectivity index (χ2n) is 4.52. The summed E-state index contributed by atoms with van der Waals surface area (Å²) in [6, 6.07) is 5.98. The molecule has 0 aliphatic rings. The SMILES string of the molecule is CCCNCCCc1nnc(-c2cccc(C)n2)s1. The van der Waals surface area contributed by atoms with E-state index in [9.17, 15) is 0 Å². The van der Waals surface area contributed by atoms with Crippen LogP contribution in [0.15, 0.2) is 18.2 Å². The fourth-order valence-electron chi connectivity index (χ4n) is 1.79. The molecule has 0 saturated heterocycles. The van der Waals surface area contributed by atoms with Gasteiger partial charge >= 0.3 is 0 Å². The van der Waals surface area contributed by atoms with Gasteiger partial charge in [0.15, 0.2) is 5.01 Å². The highest BCUT2D eigenvalue weighted by Gasteiger charge is 2.07. The van der Waals surface area contributed by atoms with Crippen molar-refractivity contribution in [3.8, 4) is 10.7 Å². The Hall–Kier alpha value is -1.33. The third kappa shape index (κ3) is 4.36. The summed E-state index contributed by atoms with van der Waals surface area (Å²) in [5, 5.41) is 13.9. The van der Waals surface area contributed by atoms with Crippen molar-refractivity contribution in [3.05, 3.63) is 28.9 Å². The van der Waals surface area contributed by atoms with Crippen molar-refractivity contribution < 1.29 is 0 Å². The maximum Gasteiger partial charge on any atom is 0.166 e. The summed E-state index contributed by atoms with van der Waals surface area (Å²) in [7, 11) is 0. The highest BCUT2D eigenvalue weighted by molar-refractivity contribution is 7.14. The molecular weight excluding hydrogens is 256 g/mol. The molecule has 0 spiro atoms. The Bertz CT molecular complexity index is 510. The van der Waals surface area contributed by atoms with Gasteiger partial charge in [-0.05, 0) is 45.0 Å². The van der Waals surface area contributed by atoms with Gasteiger partial charge in [0.05, 0.1) is 0 Å². The van der Waals surface area contributed by atoms with Crippen molar-refractivity contribution in [1.29, 1.82) is 0 Å². The van der Waals surface area contributed by atoms with E-state index in [4.69, 9.17) is 0 Å². The summed E-state index contributed by atoms with van der Waals surface area (Å²) in [4.78, 5) is 4.47. The quantitative estimate of drug-likeness (QED) is 0.790. The van der Waals surface area contributed by atoms with Crippen LogP contribution in [0.25, 0.3) is 10.7 Å². The van der Waals surface area contributed by atoms with Gasteiger partial charge in [-0.2, -0.15) is 0 Å². The van der Waals surface area contributed by atoms with Crippen molar-refractivity contribution in [2.75, 3.05) is 13.1 Å². The van der Waals surface area contributed by atoms with Crippen molar-refractivity contribution in [2.24, 2.45) is 0 Å². The summed E-state index contributed by atoms with van der Waals surface area (Å²) < 4.78 is 0. The fourth-order valence-corrected chi connectivity index (χ4v) is 2.64. The molecule has 0 unspecified atom stereocenters. The predicted octanol–water partition coefficient (Wildman–Crippen LogP) is 2.84. The molecule has 102 valence electrons. The molecule has 19 heavy (non-hydrogen) atoms. The van der Waals surface area contributed by atoms with E-state index in [-0.39, 0.29) is 0 Å². The smallest absolute Gasteiger partial charge is 0.166 e. The highest BCUT2D eigenvalue weighted by Crippen LogP contribution is 2.22. The lowest BCUT2D eigenvalue weighted by molar-refractivity contribution is 0.637.